The van der Waals surface area contributed by atoms with Gasteiger partial charge in [0.15, 0.2) is 11.6 Å². The summed E-state index contributed by atoms with van der Waals surface area (Å²) in [5, 5.41) is 0.936. The van der Waals surface area contributed by atoms with Crippen molar-refractivity contribution >= 4 is 32.4 Å². The first-order chi connectivity index (χ1) is 14.6. The molecule has 5 rings (SSSR count). The van der Waals surface area contributed by atoms with E-state index in [-0.39, 0.29) is 6.04 Å². The maximum absolute atomic E-state index is 13.2. The van der Waals surface area contributed by atoms with Gasteiger partial charge in [0, 0.05) is 36.0 Å². The van der Waals surface area contributed by atoms with Crippen LogP contribution in [0.5, 0.6) is 0 Å². The van der Waals surface area contributed by atoms with Gasteiger partial charge in [-0.3, -0.25) is 0 Å². The van der Waals surface area contributed by atoms with E-state index in [1.807, 2.05) is 24.4 Å². The van der Waals surface area contributed by atoms with Crippen LogP contribution in [0, 0.1) is 0 Å². The molecule has 2 aliphatic rings. The van der Waals surface area contributed by atoms with E-state index in [1.54, 1.807) is 6.20 Å². The number of aromatic amines is 1. The number of anilines is 1. The molecule has 2 saturated heterocycles. The number of ether oxygens (including phenoxy) is 2. The highest BCUT2D eigenvalue weighted by atomic mass is 32.2. The van der Waals surface area contributed by atoms with Gasteiger partial charge in [-0.15, -0.1) is 0 Å². The Balaban J connectivity index is 1.66. The van der Waals surface area contributed by atoms with Gasteiger partial charge in [0.05, 0.1) is 53.7 Å². The second kappa shape index (κ2) is 7.93. The third kappa shape index (κ3) is 3.78. The second-order valence-corrected chi connectivity index (χ2v) is 10.1. The summed E-state index contributed by atoms with van der Waals surface area (Å²) < 4.78 is 28.7. The normalized spacial score (nSPS) is 21.6. The first kappa shape index (κ1) is 19.4. The SMILES string of the molecule is C[C@@H]1COCCN1c1cc(N=S2(=O)CCOCC2)nc(-c2ccnc3[nH]ccc23)n1. The van der Waals surface area contributed by atoms with E-state index in [4.69, 9.17) is 19.4 Å². The predicted octanol–water partition coefficient (Wildman–Crippen LogP) is 2.37. The number of hydrogen-bond donors (Lipinski definition) is 1. The van der Waals surface area contributed by atoms with Crippen LogP contribution >= 0.6 is 0 Å². The van der Waals surface area contributed by atoms with Crippen molar-refractivity contribution in [2.24, 2.45) is 4.36 Å². The summed E-state index contributed by atoms with van der Waals surface area (Å²) in [7, 11) is -2.39. The second-order valence-electron chi connectivity index (χ2n) is 7.51. The molecule has 1 N–H and O–H groups in total. The highest BCUT2D eigenvalue weighted by molar-refractivity contribution is 7.93. The van der Waals surface area contributed by atoms with E-state index < -0.39 is 9.73 Å². The van der Waals surface area contributed by atoms with E-state index in [0.717, 1.165) is 29.0 Å². The van der Waals surface area contributed by atoms with Crippen molar-refractivity contribution in [1.29, 1.82) is 0 Å². The third-order valence-electron chi connectivity index (χ3n) is 5.42. The van der Waals surface area contributed by atoms with Crippen molar-refractivity contribution in [3.63, 3.8) is 0 Å². The number of nitrogens with one attached hydrogen (secondary N) is 1. The Bertz CT molecular complexity index is 1170. The van der Waals surface area contributed by atoms with Crippen LogP contribution < -0.4 is 4.90 Å². The number of pyridine rings is 1. The van der Waals surface area contributed by atoms with Gasteiger partial charge >= 0.3 is 0 Å². The molecule has 9 nitrogen and oxygen atoms in total. The van der Waals surface area contributed by atoms with E-state index >= 15 is 0 Å². The minimum Gasteiger partial charge on any atom is -0.379 e. The highest BCUT2D eigenvalue weighted by Gasteiger charge is 2.23. The van der Waals surface area contributed by atoms with Gasteiger partial charge in [-0.05, 0) is 19.1 Å². The standard InChI is InChI=1S/C20H24N6O3S/c1-14-13-29-7-6-26(14)18-12-17(25-30(27)10-8-28-9-11-30)23-20(24-18)16-3-5-22-19-15(16)2-4-21-19/h2-5,12,14H,6-11,13H2,1H3,(H,21,22)/t14-/m1/s1. The number of fused-ring (bicyclic) bond motifs is 1. The lowest BCUT2D eigenvalue weighted by molar-refractivity contribution is 0.0985. The Kier molecular flexibility index (Phi) is 5.13. The first-order valence-electron chi connectivity index (χ1n) is 10.1. The molecule has 0 spiro atoms. The minimum absolute atomic E-state index is 0.177. The van der Waals surface area contributed by atoms with Crippen molar-refractivity contribution in [2.75, 3.05) is 49.4 Å². The monoisotopic (exact) mass is 428 g/mol. The van der Waals surface area contributed by atoms with Crippen molar-refractivity contribution in [3.8, 4) is 11.4 Å². The molecule has 0 bridgehead atoms. The predicted molar refractivity (Wildman–Crippen MR) is 116 cm³/mol. The number of rotatable bonds is 3. The maximum Gasteiger partial charge on any atom is 0.167 e. The molecule has 3 aromatic rings. The molecule has 2 aliphatic heterocycles. The van der Waals surface area contributed by atoms with Crippen LogP contribution in [0.2, 0.25) is 0 Å². The Morgan fingerprint density at radius 2 is 2.07 bits per heavy atom. The molecule has 1 atom stereocenters. The quantitative estimate of drug-likeness (QED) is 0.683. The minimum atomic E-state index is -2.39. The molecule has 158 valence electrons. The molecule has 10 heteroatoms. The Hall–Kier alpha value is -2.56. The van der Waals surface area contributed by atoms with Crippen LogP contribution in [0.15, 0.2) is 35.0 Å². The Morgan fingerprint density at radius 3 is 2.90 bits per heavy atom. The maximum atomic E-state index is 13.2. The molecule has 0 aromatic carbocycles. The van der Waals surface area contributed by atoms with Gasteiger partial charge in [0.25, 0.3) is 0 Å². The van der Waals surface area contributed by atoms with E-state index in [2.05, 4.69) is 26.2 Å². The van der Waals surface area contributed by atoms with E-state index in [9.17, 15) is 4.21 Å². The van der Waals surface area contributed by atoms with E-state index in [1.165, 1.54) is 0 Å². The smallest absolute Gasteiger partial charge is 0.167 e. The summed E-state index contributed by atoms with van der Waals surface area (Å²) in [5.41, 5.74) is 1.64. The van der Waals surface area contributed by atoms with Gasteiger partial charge in [-0.2, -0.15) is 4.36 Å². The van der Waals surface area contributed by atoms with Crippen LogP contribution in [0.1, 0.15) is 6.92 Å². The van der Waals surface area contributed by atoms with E-state index in [0.29, 0.717) is 49.6 Å². The highest BCUT2D eigenvalue weighted by Crippen LogP contribution is 2.30. The topological polar surface area (TPSA) is 106 Å². The van der Waals surface area contributed by atoms with Gasteiger partial charge in [-0.25, -0.2) is 19.2 Å². The van der Waals surface area contributed by atoms with Gasteiger partial charge in [0.2, 0.25) is 0 Å². The number of aromatic nitrogens is 4. The lowest BCUT2D eigenvalue weighted by Crippen LogP contribution is -2.44. The third-order valence-corrected chi connectivity index (χ3v) is 7.54. The molecule has 30 heavy (non-hydrogen) atoms. The van der Waals surface area contributed by atoms with Gasteiger partial charge in [-0.1, -0.05) is 0 Å². The molecule has 0 unspecified atom stereocenters. The molecule has 2 fully saturated rings. The fraction of sp³-hybridized carbons (Fsp3) is 0.450. The lowest BCUT2D eigenvalue weighted by atomic mass is 10.1. The summed E-state index contributed by atoms with van der Waals surface area (Å²) in [5.74, 6) is 2.61. The average molecular weight is 429 g/mol. The average Bonchev–Trinajstić information content (AvgIpc) is 3.23. The molecular weight excluding hydrogens is 404 g/mol. The van der Waals surface area contributed by atoms with Crippen LogP contribution in [0.4, 0.5) is 11.6 Å². The Morgan fingerprint density at radius 1 is 1.20 bits per heavy atom. The number of hydrogen-bond acceptors (Lipinski definition) is 8. The Labute approximate surface area is 175 Å². The number of nitrogens with zero attached hydrogens (tertiary/aromatic N) is 5. The van der Waals surface area contributed by atoms with Crippen LogP contribution in [-0.2, 0) is 19.2 Å². The largest absolute Gasteiger partial charge is 0.379 e. The first-order valence-corrected chi connectivity index (χ1v) is 11.9. The van der Waals surface area contributed by atoms with Crippen molar-refractivity contribution in [3.05, 3.63) is 30.6 Å². The summed E-state index contributed by atoms with van der Waals surface area (Å²) in [4.78, 5) is 19.2. The molecule has 5 heterocycles. The summed E-state index contributed by atoms with van der Waals surface area (Å²) in [6.07, 6.45) is 3.58. The number of H-pyrrole nitrogens is 1. The summed E-state index contributed by atoms with van der Waals surface area (Å²) in [6, 6.07) is 5.87. The number of morpholine rings is 1. The molecule has 0 saturated carbocycles. The summed E-state index contributed by atoms with van der Waals surface area (Å²) >= 11 is 0. The molecular formula is C20H24N6O3S. The summed E-state index contributed by atoms with van der Waals surface area (Å²) in [6.45, 7) is 5.03. The zero-order chi connectivity index (χ0) is 20.6. The molecule has 3 aromatic heterocycles. The van der Waals surface area contributed by atoms with Crippen molar-refractivity contribution in [2.45, 2.75) is 13.0 Å². The molecule has 0 aliphatic carbocycles. The van der Waals surface area contributed by atoms with Gasteiger partial charge < -0.3 is 19.4 Å². The zero-order valence-corrected chi connectivity index (χ0v) is 17.6. The zero-order valence-electron chi connectivity index (χ0n) is 16.8. The molecule has 0 amide bonds. The molecule has 0 radical (unpaired) electrons. The lowest BCUT2D eigenvalue weighted by Gasteiger charge is -2.34. The van der Waals surface area contributed by atoms with Crippen molar-refractivity contribution in [1.82, 2.24) is 19.9 Å². The van der Waals surface area contributed by atoms with Crippen molar-refractivity contribution < 1.29 is 13.7 Å². The fourth-order valence-electron chi connectivity index (χ4n) is 3.80. The van der Waals surface area contributed by atoms with Crippen LogP contribution in [-0.4, -0.2) is 74.7 Å². The fourth-order valence-corrected chi connectivity index (χ4v) is 5.38. The van der Waals surface area contributed by atoms with Gasteiger partial charge in [0.1, 0.15) is 11.5 Å². The van der Waals surface area contributed by atoms with Crippen LogP contribution in [0.25, 0.3) is 22.4 Å². The van der Waals surface area contributed by atoms with Crippen LogP contribution in [0.3, 0.4) is 0 Å².